The zero-order valence-corrected chi connectivity index (χ0v) is 15.0. The fraction of sp³-hybridized carbons (Fsp3) is 0.100. The summed E-state index contributed by atoms with van der Waals surface area (Å²) in [5.74, 6) is 0.143. The van der Waals surface area contributed by atoms with Gasteiger partial charge in [-0.2, -0.15) is 5.10 Å². The highest BCUT2D eigenvalue weighted by atomic mass is 16.1. The summed E-state index contributed by atoms with van der Waals surface area (Å²) in [7, 11) is 0. The molecule has 0 aliphatic carbocycles. The molecule has 0 radical (unpaired) electrons. The fourth-order valence-electron chi connectivity index (χ4n) is 2.95. The van der Waals surface area contributed by atoms with Gasteiger partial charge in [0.05, 0.1) is 22.8 Å². The molecule has 0 bridgehead atoms. The lowest BCUT2D eigenvalue weighted by Crippen LogP contribution is -2.26. The Balaban J connectivity index is 1.75. The second-order valence-electron chi connectivity index (χ2n) is 6.20. The lowest BCUT2D eigenvalue weighted by molar-refractivity contribution is 0.835. The number of aromatic amines is 1. The maximum atomic E-state index is 12.8. The molecule has 0 saturated heterocycles. The number of para-hydroxylation sites is 2. The van der Waals surface area contributed by atoms with E-state index in [9.17, 15) is 4.79 Å². The topological polar surface area (TPSA) is 89.6 Å². The average Bonchev–Trinajstić information content (AvgIpc) is 3.14. The predicted molar refractivity (Wildman–Crippen MR) is 108 cm³/mol. The van der Waals surface area contributed by atoms with Crippen molar-refractivity contribution in [1.29, 1.82) is 5.41 Å². The summed E-state index contributed by atoms with van der Waals surface area (Å²) < 4.78 is 1.45. The van der Waals surface area contributed by atoms with Gasteiger partial charge in [-0.05, 0) is 38.1 Å². The van der Waals surface area contributed by atoms with Crippen LogP contribution in [-0.4, -0.2) is 27.0 Å². The number of hydrogen-bond acceptors (Lipinski definition) is 4. The third-order valence-electron chi connectivity index (χ3n) is 4.31. The maximum absolute atomic E-state index is 12.8. The van der Waals surface area contributed by atoms with Crippen molar-refractivity contribution in [2.45, 2.75) is 13.8 Å². The zero-order valence-electron chi connectivity index (χ0n) is 15.0. The van der Waals surface area contributed by atoms with Crippen molar-refractivity contribution in [3.05, 3.63) is 76.7 Å². The molecule has 0 amide bonds. The van der Waals surface area contributed by atoms with E-state index in [0.29, 0.717) is 17.1 Å². The van der Waals surface area contributed by atoms with Crippen LogP contribution >= 0.6 is 0 Å². The van der Waals surface area contributed by atoms with E-state index < -0.39 is 0 Å². The van der Waals surface area contributed by atoms with Crippen LogP contribution in [0.1, 0.15) is 12.6 Å². The van der Waals surface area contributed by atoms with Crippen LogP contribution in [0.4, 0.5) is 11.4 Å². The monoisotopic (exact) mass is 358 g/mol. The fourth-order valence-corrected chi connectivity index (χ4v) is 2.95. The van der Waals surface area contributed by atoms with E-state index in [2.05, 4.69) is 15.2 Å². The number of aromatic nitrogens is 2. The van der Waals surface area contributed by atoms with Gasteiger partial charge in [-0.3, -0.25) is 15.3 Å². The Bertz CT molecular complexity index is 1120. The molecule has 2 N–H and O–H groups in total. The molecule has 0 spiro atoms. The van der Waals surface area contributed by atoms with Crippen LogP contribution in [0.2, 0.25) is 0 Å². The van der Waals surface area contributed by atoms with Crippen molar-refractivity contribution in [2.24, 2.45) is 10.1 Å². The molecule has 1 aliphatic rings. The molecule has 0 atom stereocenters. The van der Waals surface area contributed by atoms with Crippen LogP contribution in [0.3, 0.4) is 0 Å². The van der Waals surface area contributed by atoms with E-state index in [1.165, 1.54) is 9.69 Å². The highest BCUT2D eigenvalue weighted by Gasteiger charge is 2.28. The summed E-state index contributed by atoms with van der Waals surface area (Å²) in [4.78, 5) is 17.3. The summed E-state index contributed by atoms with van der Waals surface area (Å²) in [5, 5.41) is 17.4. The molecule has 0 unspecified atom stereocenters. The Morgan fingerprint density at radius 1 is 0.963 bits per heavy atom. The molecule has 1 aromatic heterocycles. The summed E-state index contributed by atoms with van der Waals surface area (Å²) in [6.07, 6.45) is 0. The number of nitrogens with zero attached hydrogens (tertiary/aromatic N) is 4. The Labute approximate surface area is 155 Å². The summed E-state index contributed by atoms with van der Waals surface area (Å²) >= 11 is 0. The van der Waals surface area contributed by atoms with Crippen LogP contribution < -0.4 is 10.6 Å². The van der Waals surface area contributed by atoms with Crippen molar-refractivity contribution < 1.29 is 0 Å². The van der Waals surface area contributed by atoms with Gasteiger partial charge in [-0.1, -0.05) is 36.4 Å². The van der Waals surface area contributed by atoms with Crippen molar-refractivity contribution in [3.8, 4) is 5.69 Å². The highest BCUT2D eigenvalue weighted by molar-refractivity contribution is 6.72. The van der Waals surface area contributed by atoms with Gasteiger partial charge in [0.25, 0.3) is 5.56 Å². The lowest BCUT2D eigenvalue weighted by atomic mass is 10.2. The van der Waals surface area contributed by atoms with Crippen molar-refractivity contribution in [1.82, 2.24) is 9.78 Å². The molecule has 134 valence electrons. The molecule has 2 aromatic carbocycles. The highest BCUT2D eigenvalue weighted by Crippen LogP contribution is 2.21. The maximum Gasteiger partial charge on any atom is 0.297 e. The smallest absolute Gasteiger partial charge is 0.293 e. The Hall–Kier alpha value is -3.74. The molecule has 4 rings (SSSR count). The first-order valence-corrected chi connectivity index (χ1v) is 8.51. The van der Waals surface area contributed by atoms with Crippen molar-refractivity contribution in [2.75, 3.05) is 5.01 Å². The molecule has 27 heavy (non-hydrogen) atoms. The number of rotatable bonds is 3. The number of amidine groups is 1. The van der Waals surface area contributed by atoms with E-state index in [0.717, 1.165) is 11.4 Å². The number of benzene rings is 2. The van der Waals surface area contributed by atoms with Crippen molar-refractivity contribution >= 4 is 28.6 Å². The summed E-state index contributed by atoms with van der Waals surface area (Å²) in [5.41, 5.74) is 3.14. The quantitative estimate of drug-likeness (QED) is 0.751. The summed E-state index contributed by atoms with van der Waals surface area (Å²) in [6, 6.07) is 18.7. The normalized spacial score (nSPS) is 15.5. The third kappa shape index (κ3) is 2.89. The first-order valence-electron chi connectivity index (χ1n) is 8.51. The molecular weight excluding hydrogens is 340 g/mol. The molecule has 0 saturated carbocycles. The Kier molecular flexibility index (Phi) is 4.04. The first-order chi connectivity index (χ1) is 13.1. The third-order valence-corrected chi connectivity index (χ3v) is 4.31. The number of aryl methyl sites for hydroxylation is 1. The minimum atomic E-state index is -0.259. The standard InChI is InChI=1S/C20H18N6O/c1-13-17(19(21)25(23-13)15-9-5-3-6-10-15)22-18-14(2)24-26(20(18)27)16-11-7-4-8-12-16/h3-12,21,24H,1-2H3. The van der Waals surface area contributed by atoms with Gasteiger partial charge < -0.3 is 0 Å². The molecule has 7 nitrogen and oxygen atoms in total. The number of anilines is 1. The van der Waals surface area contributed by atoms with E-state index in [4.69, 9.17) is 5.41 Å². The van der Waals surface area contributed by atoms with Gasteiger partial charge in [0.2, 0.25) is 0 Å². The molecule has 7 heteroatoms. The molecular formula is C20H18N6O. The first kappa shape index (κ1) is 16.7. The van der Waals surface area contributed by atoms with Gasteiger partial charge in [0, 0.05) is 0 Å². The minimum absolute atomic E-state index is 0.143. The zero-order chi connectivity index (χ0) is 19.0. The van der Waals surface area contributed by atoms with E-state index in [1.807, 2.05) is 60.7 Å². The van der Waals surface area contributed by atoms with Crippen LogP contribution in [0, 0.1) is 12.3 Å². The van der Waals surface area contributed by atoms with E-state index in [1.54, 1.807) is 13.8 Å². The average molecular weight is 358 g/mol. The number of aliphatic imine (C=N–C) groups is 1. The van der Waals surface area contributed by atoms with Crippen LogP contribution in [0.15, 0.2) is 75.6 Å². The number of H-pyrrole nitrogens is 1. The van der Waals surface area contributed by atoms with Crippen LogP contribution in [-0.2, 0) is 0 Å². The van der Waals surface area contributed by atoms with Crippen LogP contribution in [0.5, 0.6) is 0 Å². The lowest BCUT2D eigenvalue weighted by Gasteiger charge is -2.13. The minimum Gasteiger partial charge on any atom is -0.293 e. The second kappa shape index (κ2) is 6.53. The van der Waals surface area contributed by atoms with Crippen LogP contribution in [0.25, 0.3) is 5.69 Å². The Morgan fingerprint density at radius 3 is 2.19 bits per heavy atom. The number of hydrogen-bond donors (Lipinski definition) is 2. The molecule has 3 aromatic rings. The van der Waals surface area contributed by atoms with Crippen molar-refractivity contribution in [3.63, 3.8) is 0 Å². The largest absolute Gasteiger partial charge is 0.297 e. The van der Waals surface area contributed by atoms with E-state index in [-0.39, 0.29) is 17.1 Å². The van der Waals surface area contributed by atoms with Gasteiger partial charge in [-0.25, -0.2) is 14.7 Å². The van der Waals surface area contributed by atoms with Gasteiger partial charge in [-0.15, -0.1) is 0 Å². The molecule has 1 aliphatic heterocycles. The summed E-state index contributed by atoms with van der Waals surface area (Å²) in [6.45, 7) is 3.58. The molecule has 0 fully saturated rings. The van der Waals surface area contributed by atoms with Gasteiger partial charge in [0.1, 0.15) is 5.71 Å². The SMILES string of the molecule is CC1=NN(c2ccccc2)C(=N)C1=Nc1c(C)[nH]n(-c2ccccc2)c1=O. The number of nitrogens with one attached hydrogen (secondary N) is 2. The molecule has 2 heterocycles. The van der Waals surface area contributed by atoms with E-state index >= 15 is 0 Å². The van der Waals surface area contributed by atoms with Gasteiger partial charge >= 0.3 is 0 Å². The predicted octanol–water partition coefficient (Wildman–Crippen LogP) is 3.42. The Morgan fingerprint density at radius 2 is 1.56 bits per heavy atom. The van der Waals surface area contributed by atoms with Gasteiger partial charge in [0.15, 0.2) is 11.5 Å². The number of hydrazone groups is 1. The second-order valence-corrected chi connectivity index (χ2v) is 6.20.